The number of hydrogen-bond donors (Lipinski definition) is 1. The average molecular weight is 484 g/mol. The molecule has 0 aliphatic carbocycles. The quantitative estimate of drug-likeness (QED) is 0.624. The van der Waals surface area contributed by atoms with Crippen LogP contribution in [0.25, 0.3) is 10.6 Å². The van der Waals surface area contributed by atoms with Crippen molar-refractivity contribution in [1.82, 2.24) is 19.7 Å². The fourth-order valence-corrected chi connectivity index (χ4v) is 4.79. The average Bonchev–Trinajstić information content (AvgIpc) is 3.53. The Bertz CT molecular complexity index is 1190. The van der Waals surface area contributed by atoms with Gasteiger partial charge in [-0.1, -0.05) is 18.7 Å². The minimum absolute atomic E-state index is 0.0540. The van der Waals surface area contributed by atoms with Gasteiger partial charge in [0.2, 0.25) is 5.91 Å². The molecule has 0 bridgehead atoms. The van der Waals surface area contributed by atoms with Gasteiger partial charge in [-0.05, 0) is 11.6 Å². The molecule has 2 aliphatic rings. The van der Waals surface area contributed by atoms with Crippen molar-refractivity contribution in [3.05, 3.63) is 52.6 Å². The van der Waals surface area contributed by atoms with Crippen molar-refractivity contribution in [2.24, 2.45) is 5.73 Å². The standard InChI is InChI=1S/C23H25N5O5S/c1-13(19(24)29)9-28-11-17-15(5-4-6-16(17)21(28)30)20-25-18(12-34-20)22(31)27-8-7-14(10-27)33-23(32)26(2)3/h4-6,12,14H,1,7-11H2,2-3H3,(H2,24,29). The zero-order valence-corrected chi connectivity index (χ0v) is 19.8. The third kappa shape index (κ3) is 4.51. The number of hydrogen-bond acceptors (Lipinski definition) is 7. The molecule has 178 valence electrons. The van der Waals surface area contributed by atoms with Gasteiger partial charge in [-0.25, -0.2) is 9.78 Å². The van der Waals surface area contributed by atoms with E-state index in [4.69, 9.17) is 10.5 Å². The van der Waals surface area contributed by atoms with Crippen LogP contribution in [0.4, 0.5) is 4.79 Å². The fourth-order valence-electron chi connectivity index (χ4n) is 3.94. The van der Waals surface area contributed by atoms with E-state index in [1.54, 1.807) is 36.5 Å². The summed E-state index contributed by atoms with van der Waals surface area (Å²) >= 11 is 1.32. The Morgan fingerprint density at radius 3 is 2.74 bits per heavy atom. The summed E-state index contributed by atoms with van der Waals surface area (Å²) in [5.41, 5.74) is 7.81. The van der Waals surface area contributed by atoms with Gasteiger partial charge in [0.25, 0.3) is 11.8 Å². The molecule has 11 heteroatoms. The van der Waals surface area contributed by atoms with E-state index in [2.05, 4.69) is 11.6 Å². The molecule has 2 aromatic rings. The number of benzene rings is 1. The summed E-state index contributed by atoms with van der Waals surface area (Å²) in [5, 5.41) is 2.32. The van der Waals surface area contributed by atoms with Gasteiger partial charge in [-0.15, -0.1) is 11.3 Å². The maximum atomic E-state index is 13.0. The topological polar surface area (TPSA) is 126 Å². The third-order valence-corrected chi connectivity index (χ3v) is 6.67. The highest BCUT2D eigenvalue weighted by atomic mass is 32.1. The van der Waals surface area contributed by atoms with Gasteiger partial charge in [0.15, 0.2) is 0 Å². The summed E-state index contributed by atoms with van der Waals surface area (Å²) in [6.07, 6.45) is -0.207. The molecule has 34 heavy (non-hydrogen) atoms. The second-order valence-electron chi connectivity index (χ2n) is 8.44. The minimum Gasteiger partial charge on any atom is -0.444 e. The first kappa shape index (κ1) is 23.4. The summed E-state index contributed by atoms with van der Waals surface area (Å²) in [4.78, 5) is 57.9. The van der Waals surface area contributed by atoms with Crippen molar-refractivity contribution in [2.45, 2.75) is 19.1 Å². The van der Waals surface area contributed by atoms with E-state index in [-0.39, 0.29) is 30.0 Å². The van der Waals surface area contributed by atoms with Crippen LogP contribution in [0.2, 0.25) is 0 Å². The molecule has 10 nitrogen and oxygen atoms in total. The lowest BCUT2D eigenvalue weighted by Crippen LogP contribution is -2.33. The van der Waals surface area contributed by atoms with Gasteiger partial charge >= 0.3 is 6.09 Å². The van der Waals surface area contributed by atoms with Crippen molar-refractivity contribution in [3.8, 4) is 10.6 Å². The Hall–Kier alpha value is -3.73. The van der Waals surface area contributed by atoms with Crippen molar-refractivity contribution in [1.29, 1.82) is 0 Å². The first-order chi connectivity index (χ1) is 16.2. The summed E-state index contributed by atoms with van der Waals surface area (Å²) in [6.45, 7) is 4.78. The number of fused-ring (bicyclic) bond motifs is 1. The van der Waals surface area contributed by atoms with Gasteiger partial charge < -0.3 is 25.2 Å². The Morgan fingerprint density at radius 2 is 2.03 bits per heavy atom. The first-order valence-electron chi connectivity index (χ1n) is 10.7. The highest BCUT2D eigenvalue weighted by Gasteiger charge is 2.33. The lowest BCUT2D eigenvalue weighted by molar-refractivity contribution is -0.114. The van der Waals surface area contributed by atoms with Crippen LogP contribution < -0.4 is 5.73 Å². The molecule has 4 rings (SSSR count). The first-order valence-corrected chi connectivity index (χ1v) is 11.6. The Labute approximate surface area is 200 Å². The Balaban J connectivity index is 1.48. The van der Waals surface area contributed by atoms with Crippen LogP contribution >= 0.6 is 11.3 Å². The van der Waals surface area contributed by atoms with Crippen LogP contribution in [0, 0.1) is 0 Å². The van der Waals surface area contributed by atoms with E-state index in [1.165, 1.54) is 21.1 Å². The molecule has 0 spiro atoms. The zero-order chi connectivity index (χ0) is 24.6. The second kappa shape index (κ2) is 9.26. The normalized spacial score (nSPS) is 17.0. The van der Waals surface area contributed by atoms with E-state index >= 15 is 0 Å². The van der Waals surface area contributed by atoms with Crippen LogP contribution in [0.15, 0.2) is 35.7 Å². The molecule has 1 atom stereocenters. The molecule has 0 radical (unpaired) electrons. The van der Waals surface area contributed by atoms with Crippen LogP contribution in [-0.2, 0) is 16.1 Å². The highest BCUT2D eigenvalue weighted by Crippen LogP contribution is 2.35. The van der Waals surface area contributed by atoms with E-state index < -0.39 is 12.0 Å². The molecule has 3 heterocycles. The SMILES string of the molecule is C=C(CN1Cc2c(cccc2-c2nc(C(=O)N3CCC(OC(=O)N(C)C)C3)cs2)C1=O)C(N)=O. The number of primary amides is 1. The second-order valence-corrected chi connectivity index (χ2v) is 9.30. The number of amides is 4. The number of nitrogens with two attached hydrogens (primary N) is 1. The number of thiazole rings is 1. The lowest BCUT2D eigenvalue weighted by atomic mass is 10.0. The van der Waals surface area contributed by atoms with Gasteiger partial charge in [-0.3, -0.25) is 14.4 Å². The van der Waals surface area contributed by atoms with Crippen LogP contribution in [-0.4, -0.2) is 83.3 Å². The molecular weight excluding hydrogens is 458 g/mol. The largest absolute Gasteiger partial charge is 0.444 e. The predicted octanol–water partition coefficient (Wildman–Crippen LogP) is 1.72. The molecule has 1 aromatic heterocycles. The van der Waals surface area contributed by atoms with Crippen molar-refractivity contribution in [2.75, 3.05) is 33.7 Å². The highest BCUT2D eigenvalue weighted by molar-refractivity contribution is 7.13. The lowest BCUT2D eigenvalue weighted by Gasteiger charge is -2.17. The van der Waals surface area contributed by atoms with Gasteiger partial charge in [0.1, 0.15) is 16.8 Å². The minimum atomic E-state index is -0.646. The fraction of sp³-hybridized carbons (Fsp3) is 0.348. The Kier molecular flexibility index (Phi) is 6.38. The summed E-state index contributed by atoms with van der Waals surface area (Å²) < 4.78 is 5.38. The molecule has 0 saturated carbocycles. The molecular formula is C23H25N5O5S. The molecule has 1 fully saturated rings. The number of carbonyl (C=O) groups is 4. The summed E-state index contributed by atoms with van der Waals surface area (Å²) in [5.74, 6) is -1.08. The zero-order valence-electron chi connectivity index (χ0n) is 18.9. The maximum Gasteiger partial charge on any atom is 0.409 e. The summed E-state index contributed by atoms with van der Waals surface area (Å²) in [6, 6.07) is 5.36. The third-order valence-electron chi connectivity index (χ3n) is 5.79. The van der Waals surface area contributed by atoms with E-state index in [1.807, 2.05) is 6.07 Å². The molecule has 4 amide bonds. The van der Waals surface area contributed by atoms with E-state index in [0.717, 1.165) is 11.1 Å². The number of carbonyl (C=O) groups excluding carboxylic acids is 4. The molecule has 1 saturated heterocycles. The van der Waals surface area contributed by atoms with Crippen molar-refractivity contribution < 1.29 is 23.9 Å². The Morgan fingerprint density at radius 1 is 1.29 bits per heavy atom. The number of ether oxygens (including phenoxy) is 1. The van der Waals surface area contributed by atoms with E-state index in [0.29, 0.717) is 42.3 Å². The van der Waals surface area contributed by atoms with Crippen molar-refractivity contribution in [3.63, 3.8) is 0 Å². The number of aromatic nitrogens is 1. The number of nitrogens with zero attached hydrogens (tertiary/aromatic N) is 4. The number of likely N-dealkylation sites (tertiary alicyclic amines) is 1. The molecule has 1 aromatic carbocycles. The van der Waals surface area contributed by atoms with Crippen molar-refractivity contribution >= 4 is 35.2 Å². The number of rotatable bonds is 6. The van der Waals surface area contributed by atoms with Crippen LogP contribution in [0.1, 0.15) is 32.8 Å². The maximum absolute atomic E-state index is 13.0. The van der Waals surface area contributed by atoms with Crippen LogP contribution in [0.5, 0.6) is 0 Å². The van der Waals surface area contributed by atoms with Gasteiger partial charge in [0.05, 0.1) is 13.1 Å². The molecule has 2 N–H and O–H groups in total. The summed E-state index contributed by atoms with van der Waals surface area (Å²) in [7, 11) is 3.22. The van der Waals surface area contributed by atoms with Crippen LogP contribution in [0.3, 0.4) is 0 Å². The molecule has 1 unspecified atom stereocenters. The monoisotopic (exact) mass is 483 g/mol. The predicted molar refractivity (Wildman–Crippen MR) is 125 cm³/mol. The van der Waals surface area contributed by atoms with Gasteiger partial charge in [0, 0.05) is 55.7 Å². The van der Waals surface area contributed by atoms with E-state index in [9.17, 15) is 19.2 Å². The molecule has 2 aliphatic heterocycles. The van der Waals surface area contributed by atoms with Gasteiger partial charge in [-0.2, -0.15) is 0 Å². The smallest absolute Gasteiger partial charge is 0.409 e.